The van der Waals surface area contributed by atoms with E-state index in [1.54, 1.807) is 23.5 Å². The van der Waals surface area contributed by atoms with E-state index in [0.717, 1.165) is 16.7 Å². The number of hydrogen-bond donors (Lipinski definition) is 1. The van der Waals surface area contributed by atoms with Gasteiger partial charge in [-0.3, -0.25) is 4.79 Å². The standard InChI is InChI=1S/C19H17NO3S2/c1-25(22,23)16-10-5-9-15(13-16)19(21)20-18(17-11-6-12-24-17)14-7-3-2-4-8-14/h2-13,18H,1H3,(H,20,21). The van der Waals surface area contributed by atoms with E-state index in [0.29, 0.717) is 5.56 Å². The Morgan fingerprint density at radius 3 is 2.40 bits per heavy atom. The Morgan fingerprint density at radius 2 is 1.76 bits per heavy atom. The van der Waals surface area contributed by atoms with Gasteiger partial charge >= 0.3 is 0 Å². The first-order valence-electron chi connectivity index (χ1n) is 7.64. The Hall–Kier alpha value is -2.44. The Kier molecular flexibility index (Phi) is 5.01. The zero-order chi connectivity index (χ0) is 17.9. The molecule has 25 heavy (non-hydrogen) atoms. The van der Waals surface area contributed by atoms with Crippen LogP contribution in [-0.4, -0.2) is 20.6 Å². The first-order chi connectivity index (χ1) is 11.9. The molecule has 0 aliphatic heterocycles. The van der Waals surface area contributed by atoms with Crippen LogP contribution < -0.4 is 5.32 Å². The van der Waals surface area contributed by atoms with Gasteiger partial charge in [0.1, 0.15) is 0 Å². The van der Waals surface area contributed by atoms with Gasteiger partial charge < -0.3 is 5.32 Å². The summed E-state index contributed by atoms with van der Waals surface area (Å²) < 4.78 is 23.4. The second-order valence-electron chi connectivity index (χ2n) is 5.63. The lowest BCUT2D eigenvalue weighted by atomic mass is 10.0. The molecule has 1 heterocycles. The first-order valence-corrected chi connectivity index (χ1v) is 10.4. The molecule has 1 unspecified atom stereocenters. The molecule has 1 aromatic heterocycles. The molecule has 0 saturated heterocycles. The van der Waals surface area contributed by atoms with Crippen LogP contribution in [0.25, 0.3) is 0 Å². The summed E-state index contributed by atoms with van der Waals surface area (Å²) in [6.07, 6.45) is 1.13. The predicted molar refractivity (Wildman–Crippen MR) is 99.6 cm³/mol. The third-order valence-electron chi connectivity index (χ3n) is 3.76. The van der Waals surface area contributed by atoms with Crippen LogP contribution in [0.4, 0.5) is 0 Å². The fourth-order valence-corrected chi connectivity index (χ4v) is 3.97. The molecular formula is C19H17NO3S2. The summed E-state index contributed by atoms with van der Waals surface area (Å²) in [6, 6.07) is 19.4. The van der Waals surface area contributed by atoms with Crippen molar-refractivity contribution in [3.63, 3.8) is 0 Å². The number of carbonyl (C=O) groups excluding carboxylic acids is 1. The van der Waals surface area contributed by atoms with Crippen molar-refractivity contribution in [3.8, 4) is 0 Å². The highest BCUT2D eigenvalue weighted by molar-refractivity contribution is 7.90. The normalized spacial score (nSPS) is 12.5. The van der Waals surface area contributed by atoms with Crippen LogP contribution in [-0.2, 0) is 9.84 Å². The van der Waals surface area contributed by atoms with E-state index < -0.39 is 9.84 Å². The lowest BCUT2D eigenvalue weighted by Crippen LogP contribution is -2.28. The zero-order valence-electron chi connectivity index (χ0n) is 13.5. The Bertz CT molecular complexity index is 965. The summed E-state index contributed by atoms with van der Waals surface area (Å²) in [7, 11) is -3.36. The highest BCUT2D eigenvalue weighted by atomic mass is 32.2. The summed E-state index contributed by atoms with van der Waals surface area (Å²) in [4.78, 5) is 13.8. The lowest BCUT2D eigenvalue weighted by molar-refractivity contribution is 0.0943. The first kappa shape index (κ1) is 17.4. The highest BCUT2D eigenvalue weighted by Crippen LogP contribution is 2.26. The van der Waals surface area contributed by atoms with Gasteiger partial charge in [-0.25, -0.2) is 8.42 Å². The fourth-order valence-electron chi connectivity index (χ4n) is 2.50. The average Bonchev–Trinajstić information content (AvgIpc) is 3.14. The minimum Gasteiger partial charge on any atom is -0.340 e. The maximum absolute atomic E-state index is 12.7. The molecule has 0 aliphatic rings. The molecule has 0 bridgehead atoms. The molecule has 0 aliphatic carbocycles. The molecule has 0 saturated carbocycles. The maximum Gasteiger partial charge on any atom is 0.252 e. The van der Waals surface area contributed by atoms with Crippen LogP contribution >= 0.6 is 11.3 Å². The summed E-state index contributed by atoms with van der Waals surface area (Å²) in [5, 5.41) is 4.97. The van der Waals surface area contributed by atoms with E-state index >= 15 is 0 Å². The number of hydrogen-bond acceptors (Lipinski definition) is 4. The Morgan fingerprint density at radius 1 is 1.00 bits per heavy atom. The van der Waals surface area contributed by atoms with Gasteiger partial charge in [0.15, 0.2) is 9.84 Å². The Balaban J connectivity index is 1.92. The largest absolute Gasteiger partial charge is 0.340 e. The second kappa shape index (κ2) is 7.21. The molecule has 0 fully saturated rings. The minimum absolute atomic E-state index is 0.132. The molecule has 0 spiro atoms. The van der Waals surface area contributed by atoms with Crippen molar-refractivity contribution in [3.05, 3.63) is 88.1 Å². The minimum atomic E-state index is -3.36. The van der Waals surface area contributed by atoms with Crippen molar-refractivity contribution in [1.29, 1.82) is 0 Å². The SMILES string of the molecule is CS(=O)(=O)c1cccc(C(=O)NC(c2ccccc2)c2cccs2)c1. The fraction of sp³-hybridized carbons (Fsp3) is 0.105. The zero-order valence-corrected chi connectivity index (χ0v) is 15.2. The molecule has 2 aromatic carbocycles. The van der Waals surface area contributed by atoms with Crippen LogP contribution in [0.15, 0.2) is 77.0 Å². The smallest absolute Gasteiger partial charge is 0.252 e. The van der Waals surface area contributed by atoms with E-state index in [9.17, 15) is 13.2 Å². The highest BCUT2D eigenvalue weighted by Gasteiger charge is 2.19. The van der Waals surface area contributed by atoms with Gasteiger partial charge in [-0.05, 0) is 35.2 Å². The second-order valence-corrected chi connectivity index (χ2v) is 8.63. The van der Waals surface area contributed by atoms with Crippen molar-refractivity contribution in [2.75, 3.05) is 6.26 Å². The average molecular weight is 371 g/mol. The Labute approximate surface area is 151 Å². The quantitative estimate of drug-likeness (QED) is 0.744. The van der Waals surface area contributed by atoms with Crippen molar-refractivity contribution in [2.45, 2.75) is 10.9 Å². The monoisotopic (exact) mass is 371 g/mol. The van der Waals surface area contributed by atoms with Crippen LogP contribution in [0.5, 0.6) is 0 Å². The summed E-state index contributed by atoms with van der Waals surface area (Å²) in [5.74, 6) is -0.312. The van der Waals surface area contributed by atoms with E-state index in [1.807, 2.05) is 47.8 Å². The molecule has 4 nitrogen and oxygen atoms in total. The van der Waals surface area contributed by atoms with Crippen molar-refractivity contribution in [1.82, 2.24) is 5.32 Å². The van der Waals surface area contributed by atoms with Crippen molar-refractivity contribution in [2.24, 2.45) is 0 Å². The number of rotatable bonds is 5. The summed E-state index contributed by atoms with van der Waals surface area (Å²) >= 11 is 1.56. The van der Waals surface area contributed by atoms with Gasteiger partial charge in [-0.2, -0.15) is 0 Å². The van der Waals surface area contributed by atoms with Crippen LogP contribution in [0.1, 0.15) is 26.8 Å². The van der Waals surface area contributed by atoms with E-state index in [4.69, 9.17) is 0 Å². The van der Waals surface area contributed by atoms with Crippen molar-refractivity contribution >= 4 is 27.1 Å². The maximum atomic E-state index is 12.7. The van der Waals surface area contributed by atoms with Crippen LogP contribution in [0.3, 0.4) is 0 Å². The van der Waals surface area contributed by atoms with Gasteiger partial charge in [-0.1, -0.05) is 42.5 Å². The number of thiophene rings is 1. The molecule has 1 atom stereocenters. The van der Waals surface area contributed by atoms with Gasteiger partial charge in [-0.15, -0.1) is 11.3 Å². The molecule has 128 valence electrons. The lowest BCUT2D eigenvalue weighted by Gasteiger charge is -2.18. The van der Waals surface area contributed by atoms with Crippen LogP contribution in [0, 0.1) is 0 Å². The number of nitrogens with one attached hydrogen (secondary N) is 1. The molecular weight excluding hydrogens is 354 g/mol. The van der Waals surface area contributed by atoms with E-state index in [1.165, 1.54) is 12.1 Å². The van der Waals surface area contributed by atoms with E-state index in [2.05, 4.69) is 5.32 Å². The third-order valence-corrected chi connectivity index (χ3v) is 5.81. The van der Waals surface area contributed by atoms with Crippen molar-refractivity contribution < 1.29 is 13.2 Å². The van der Waals surface area contributed by atoms with Crippen LogP contribution in [0.2, 0.25) is 0 Å². The topological polar surface area (TPSA) is 63.2 Å². The number of carbonyl (C=O) groups is 1. The summed E-state index contributed by atoms with van der Waals surface area (Å²) in [6.45, 7) is 0. The predicted octanol–water partition coefficient (Wildman–Crippen LogP) is 3.67. The third kappa shape index (κ3) is 4.15. The molecule has 3 rings (SSSR count). The van der Waals surface area contributed by atoms with E-state index in [-0.39, 0.29) is 16.8 Å². The van der Waals surface area contributed by atoms with Gasteiger partial charge in [0.2, 0.25) is 0 Å². The molecule has 3 aromatic rings. The van der Waals surface area contributed by atoms with Gasteiger partial charge in [0, 0.05) is 16.7 Å². The van der Waals surface area contributed by atoms with Gasteiger partial charge in [0.25, 0.3) is 5.91 Å². The summed E-state index contributed by atoms with van der Waals surface area (Å²) in [5.41, 5.74) is 1.29. The number of amides is 1. The van der Waals surface area contributed by atoms with Gasteiger partial charge in [0.05, 0.1) is 10.9 Å². The number of sulfone groups is 1. The molecule has 1 N–H and O–H groups in total. The number of benzene rings is 2. The molecule has 1 amide bonds. The molecule has 6 heteroatoms. The molecule has 0 radical (unpaired) electrons.